The summed E-state index contributed by atoms with van der Waals surface area (Å²) in [6, 6.07) is 0. The fourth-order valence-corrected chi connectivity index (χ4v) is 1.20. The number of hydrogen-bond acceptors (Lipinski definition) is 6. The van der Waals surface area contributed by atoms with Crippen LogP contribution in [0.4, 0.5) is 14.4 Å². The SMILES string of the molecule is CNC(=O)OCC=CCNC(=O)OCCCCNC(=O)OC. The first-order valence-corrected chi connectivity index (χ1v) is 6.82. The van der Waals surface area contributed by atoms with E-state index in [0.29, 0.717) is 19.4 Å². The Hall–Kier alpha value is -2.45. The van der Waals surface area contributed by atoms with Crippen LogP contribution in [-0.2, 0) is 14.2 Å². The first-order valence-electron chi connectivity index (χ1n) is 6.82. The van der Waals surface area contributed by atoms with Gasteiger partial charge in [-0.25, -0.2) is 14.4 Å². The quantitative estimate of drug-likeness (QED) is 0.328. The molecule has 22 heavy (non-hydrogen) atoms. The topological polar surface area (TPSA) is 115 Å². The highest BCUT2D eigenvalue weighted by atomic mass is 16.6. The molecule has 9 nitrogen and oxygen atoms in total. The number of unbranched alkanes of at least 4 members (excludes halogenated alkanes) is 1. The maximum Gasteiger partial charge on any atom is 0.407 e. The van der Waals surface area contributed by atoms with Crippen LogP contribution in [0.5, 0.6) is 0 Å². The number of carbonyl (C=O) groups is 3. The van der Waals surface area contributed by atoms with Crippen LogP contribution in [0.1, 0.15) is 12.8 Å². The Morgan fingerprint density at radius 2 is 1.73 bits per heavy atom. The summed E-state index contributed by atoms with van der Waals surface area (Å²) in [5.41, 5.74) is 0. The summed E-state index contributed by atoms with van der Waals surface area (Å²) in [5, 5.41) is 7.34. The van der Waals surface area contributed by atoms with Crippen LogP contribution in [0, 0.1) is 0 Å². The molecule has 3 amide bonds. The number of rotatable bonds is 9. The van der Waals surface area contributed by atoms with Crippen molar-refractivity contribution >= 4 is 18.3 Å². The van der Waals surface area contributed by atoms with Crippen LogP contribution in [-0.4, -0.2) is 58.7 Å². The second-order valence-corrected chi connectivity index (χ2v) is 3.96. The first-order chi connectivity index (χ1) is 10.6. The Balaban J connectivity index is 3.41. The third-order valence-electron chi connectivity index (χ3n) is 2.30. The molecule has 0 aromatic heterocycles. The van der Waals surface area contributed by atoms with E-state index in [-0.39, 0.29) is 19.8 Å². The summed E-state index contributed by atoms with van der Waals surface area (Å²) in [6.45, 7) is 1.13. The van der Waals surface area contributed by atoms with Crippen molar-refractivity contribution in [1.82, 2.24) is 16.0 Å². The van der Waals surface area contributed by atoms with Gasteiger partial charge in [0.2, 0.25) is 0 Å². The van der Waals surface area contributed by atoms with Gasteiger partial charge in [0.1, 0.15) is 6.61 Å². The predicted octanol–water partition coefficient (Wildman–Crippen LogP) is 0.761. The molecule has 0 aliphatic carbocycles. The second kappa shape index (κ2) is 13.5. The average Bonchev–Trinajstić information content (AvgIpc) is 2.53. The van der Waals surface area contributed by atoms with E-state index in [9.17, 15) is 14.4 Å². The van der Waals surface area contributed by atoms with Crippen LogP contribution in [0.15, 0.2) is 12.2 Å². The van der Waals surface area contributed by atoms with Crippen molar-refractivity contribution in [2.75, 3.05) is 40.5 Å². The number of carbonyl (C=O) groups excluding carboxylic acids is 3. The molecule has 0 aromatic carbocycles. The van der Waals surface area contributed by atoms with E-state index < -0.39 is 18.3 Å². The van der Waals surface area contributed by atoms with Crippen LogP contribution >= 0.6 is 0 Å². The van der Waals surface area contributed by atoms with Gasteiger partial charge in [0.15, 0.2) is 0 Å². The minimum Gasteiger partial charge on any atom is -0.453 e. The lowest BCUT2D eigenvalue weighted by molar-refractivity contribution is 0.144. The van der Waals surface area contributed by atoms with Gasteiger partial charge in [-0.05, 0) is 18.9 Å². The highest BCUT2D eigenvalue weighted by Gasteiger charge is 2.00. The molecule has 0 aliphatic rings. The minimum atomic E-state index is -0.530. The van der Waals surface area contributed by atoms with Crippen LogP contribution in [0.25, 0.3) is 0 Å². The third-order valence-corrected chi connectivity index (χ3v) is 2.30. The molecule has 9 heteroatoms. The molecule has 0 aromatic rings. The van der Waals surface area contributed by atoms with Crippen molar-refractivity contribution in [3.8, 4) is 0 Å². The van der Waals surface area contributed by atoms with Gasteiger partial charge in [0, 0.05) is 20.1 Å². The fraction of sp³-hybridized carbons (Fsp3) is 0.615. The van der Waals surface area contributed by atoms with Gasteiger partial charge >= 0.3 is 18.3 Å². The van der Waals surface area contributed by atoms with Crippen LogP contribution in [0.3, 0.4) is 0 Å². The average molecular weight is 317 g/mol. The van der Waals surface area contributed by atoms with Crippen molar-refractivity contribution in [2.45, 2.75) is 12.8 Å². The summed E-state index contributed by atoms with van der Waals surface area (Å²) in [4.78, 5) is 32.7. The maximum absolute atomic E-state index is 11.3. The summed E-state index contributed by atoms with van der Waals surface area (Å²) < 4.78 is 14.0. The van der Waals surface area contributed by atoms with Crippen molar-refractivity contribution in [3.63, 3.8) is 0 Å². The lowest BCUT2D eigenvalue weighted by Crippen LogP contribution is -2.26. The lowest BCUT2D eigenvalue weighted by Gasteiger charge is -2.06. The largest absolute Gasteiger partial charge is 0.453 e. The predicted molar refractivity (Wildman–Crippen MR) is 78.5 cm³/mol. The van der Waals surface area contributed by atoms with Gasteiger partial charge in [-0.1, -0.05) is 6.08 Å². The molecule has 0 atom stereocenters. The monoisotopic (exact) mass is 317 g/mol. The molecule has 0 spiro atoms. The molecule has 0 unspecified atom stereocenters. The Bertz CT molecular complexity index is 373. The molecule has 0 fully saturated rings. The zero-order valence-electron chi connectivity index (χ0n) is 12.8. The highest BCUT2D eigenvalue weighted by molar-refractivity contribution is 5.67. The van der Waals surface area contributed by atoms with Gasteiger partial charge in [0.25, 0.3) is 0 Å². The smallest absolute Gasteiger partial charge is 0.407 e. The molecule has 126 valence electrons. The molecule has 3 N–H and O–H groups in total. The standard InChI is InChI=1S/C13H23N3O6/c1-14-11(17)21-9-5-4-8-16-13(19)22-10-6-3-7-15-12(18)20-2/h4-5H,3,6-10H2,1-2H3,(H,14,17)(H,15,18)(H,16,19). The lowest BCUT2D eigenvalue weighted by atomic mass is 10.3. The van der Waals surface area contributed by atoms with E-state index in [1.807, 2.05) is 0 Å². The Kier molecular flexibility index (Phi) is 12.0. The van der Waals surface area contributed by atoms with Crippen molar-refractivity contribution in [1.29, 1.82) is 0 Å². The van der Waals surface area contributed by atoms with Crippen molar-refractivity contribution < 1.29 is 28.6 Å². The highest BCUT2D eigenvalue weighted by Crippen LogP contribution is 1.90. The normalized spacial score (nSPS) is 9.91. The van der Waals surface area contributed by atoms with Crippen molar-refractivity contribution in [3.05, 3.63) is 12.2 Å². The molecular formula is C13H23N3O6. The number of hydrogen-bond donors (Lipinski definition) is 3. The van der Waals surface area contributed by atoms with Gasteiger partial charge in [-0.3, -0.25) is 0 Å². The van der Waals surface area contributed by atoms with Gasteiger partial charge in [-0.2, -0.15) is 0 Å². The van der Waals surface area contributed by atoms with Crippen LogP contribution < -0.4 is 16.0 Å². The van der Waals surface area contributed by atoms with E-state index >= 15 is 0 Å². The Labute approximate surface area is 129 Å². The molecule has 0 radical (unpaired) electrons. The number of amides is 3. The molecular weight excluding hydrogens is 294 g/mol. The Morgan fingerprint density at radius 3 is 2.41 bits per heavy atom. The molecule has 0 heterocycles. The van der Waals surface area contributed by atoms with Crippen LogP contribution in [0.2, 0.25) is 0 Å². The Morgan fingerprint density at radius 1 is 0.955 bits per heavy atom. The van der Waals surface area contributed by atoms with Gasteiger partial charge in [0.05, 0.1) is 13.7 Å². The fourth-order valence-electron chi connectivity index (χ4n) is 1.20. The minimum absolute atomic E-state index is 0.129. The first kappa shape index (κ1) is 19.6. The van der Waals surface area contributed by atoms with E-state index in [1.54, 1.807) is 12.2 Å². The number of methoxy groups -OCH3 is 1. The molecule has 0 bridgehead atoms. The van der Waals surface area contributed by atoms with E-state index in [2.05, 4.69) is 20.7 Å². The second-order valence-electron chi connectivity index (χ2n) is 3.96. The molecule has 0 rings (SSSR count). The summed E-state index contributed by atoms with van der Waals surface area (Å²) in [6.07, 6.45) is 3.03. The summed E-state index contributed by atoms with van der Waals surface area (Å²) >= 11 is 0. The number of ether oxygens (including phenoxy) is 3. The number of nitrogens with one attached hydrogen (secondary N) is 3. The molecule has 0 saturated carbocycles. The van der Waals surface area contributed by atoms with Gasteiger partial charge < -0.3 is 30.2 Å². The zero-order valence-corrected chi connectivity index (χ0v) is 12.8. The van der Waals surface area contributed by atoms with E-state index in [4.69, 9.17) is 9.47 Å². The van der Waals surface area contributed by atoms with E-state index in [1.165, 1.54) is 14.2 Å². The summed E-state index contributed by atoms with van der Waals surface area (Å²) in [7, 11) is 2.76. The summed E-state index contributed by atoms with van der Waals surface area (Å²) in [5.74, 6) is 0. The number of alkyl carbamates (subject to hydrolysis) is 3. The van der Waals surface area contributed by atoms with E-state index in [0.717, 1.165) is 0 Å². The molecule has 0 aliphatic heterocycles. The third kappa shape index (κ3) is 12.6. The van der Waals surface area contributed by atoms with Crippen molar-refractivity contribution in [2.24, 2.45) is 0 Å². The maximum atomic E-state index is 11.3. The molecule has 0 saturated heterocycles. The zero-order chi connectivity index (χ0) is 16.6. The van der Waals surface area contributed by atoms with Gasteiger partial charge in [-0.15, -0.1) is 0 Å².